The van der Waals surface area contributed by atoms with Crippen LogP contribution in [-0.2, 0) is 14.3 Å². The van der Waals surface area contributed by atoms with Gasteiger partial charge in [-0.2, -0.15) is 0 Å². The second-order valence-corrected chi connectivity index (χ2v) is 6.12. The van der Waals surface area contributed by atoms with E-state index in [0.717, 1.165) is 10.2 Å². The fourth-order valence-corrected chi connectivity index (χ4v) is 3.10. The number of benzene rings is 1. The van der Waals surface area contributed by atoms with Crippen LogP contribution in [0.15, 0.2) is 36.7 Å². The third kappa shape index (κ3) is 4.42. The molecule has 3 aromatic rings. The van der Waals surface area contributed by atoms with Crippen LogP contribution >= 0.6 is 11.3 Å². The van der Waals surface area contributed by atoms with Crippen molar-refractivity contribution < 1.29 is 23.9 Å². The zero-order chi connectivity index (χ0) is 19.2. The topological polar surface area (TPSA) is 120 Å². The number of esters is 1. The summed E-state index contributed by atoms with van der Waals surface area (Å²) in [6.45, 7) is 1.05. The lowest BCUT2D eigenvalue weighted by molar-refractivity contribution is -0.123. The number of carbonyl (C=O) groups is 3. The molecule has 0 aliphatic carbocycles. The molecule has 9 nitrogen and oxygen atoms in total. The Morgan fingerprint density at radius 3 is 2.67 bits per heavy atom. The molecule has 0 aliphatic rings. The van der Waals surface area contributed by atoms with Crippen LogP contribution in [0.1, 0.15) is 17.4 Å². The molecule has 0 spiro atoms. The SMILES string of the molecule is CCOC(=O)NC(=O)COC(=O)c1nccnc1-c1nc2ccccc2s1. The minimum Gasteiger partial charge on any atom is -0.451 e. The summed E-state index contributed by atoms with van der Waals surface area (Å²) in [6, 6.07) is 7.51. The van der Waals surface area contributed by atoms with Gasteiger partial charge in [0.05, 0.1) is 16.8 Å². The van der Waals surface area contributed by atoms with Crippen molar-refractivity contribution in [2.24, 2.45) is 0 Å². The molecule has 3 rings (SSSR count). The van der Waals surface area contributed by atoms with Gasteiger partial charge < -0.3 is 9.47 Å². The van der Waals surface area contributed by atoms with Crippen LogP contribution in [-0.4, -0.2) is 46.1 Å². The number of amides is 2. The van der Waals surface area contributed by atoms with Crippen molar-refractivity contribution in [1.82, 2.24) is 20.3 Å². The number of rotatable bonds is 5. The summed E-state index contributed by atoms with van der Waals surface area (Å²) < 4.78 is 10.4. The Balaban J connectivity index is 1.74. The number of carbonyl (C=O) groups excluding carboxylic acids is 3. The number of fused-ring (bicyclic) bond motifs is 1. The number of imide groups is 1. The van der Waals surface area contributed by atoms with Crippen LogP contribution in [0.3, 0.4) is 0 Å². The Bertz CT molecular complexity index is 971. The van der Waals surface area contributed by atoms with Crippen molar-refractivity contribution in [2.75, 3.05) is 13.2 Å². The summed E-state index contributed by atoms with van der Waals surface area (Å²) in [5.74, 6) is -1.66. The number of hydrogen-bond donors (Lipinski definition) is 1. The first-order valence-electron chi connectivity index (χ1n) is 7.89. The standard InChI is InChI=1S/C17H14N4O5S/c1-2-25-17(24)21-12(22)9-26-16(23)14-13(18-7-8-19-14)15-20-10-5-3-4-6-11(10)27-15/h3-8H,2,9H2,1H3,(H,21,22,24). The fraction of sp³-hybridized carbons (Fsp3) is 0.176. The van der Waals surface area contributed by atoms with Crippen LogP contribution < -0.4 is 5.32 Å². The van der Waals surface area contributed by atoms with Crippen molar-refractivity contribution in [2.45, 2.75) is 6.92 Å². The minimum absolute atomic E-state index is 0.0690. The molecule has 0 saturated heterocycles. The summed E-state index contributed by atoms with van der Waals surface area (Å²) in [6.07, 6.45) is 1.87. The number of alkyl carbamates (subject to hydrolysis) is 1. The zero-order valence-corrected chi connectivity index (χ0v) is 15.0. The van der Waals surface area contributed by atoms with Gasteiger partial charge in [0.1, 0.15) is 10.7 Å². The number of nitrogens with one attached hydrogen (secondary N) is 1. The average molecular weight is 386 g/mol. The molecule has 27 heavy (non-hydrogen) atoms. The van der Waals surface area contributed by atoms with Crippen molar-refractivity contribution in [3.05, 3.63) is 42.4 Å². The Morgan fingerprint density at radius 1 is 1.11 bits per heavy atom. The van der Waals surface area contributed by atoms with E-state index in [-0.39, 0.29) is 18.0 Å². The van der Waals surface area contributed by atoms with Crippen molar-refractivity contribution >= 4 is 39.5 Å². The Kier molecular flexibility index (Phi) is 5.67. The Labute approximate surface area is 157 Å². The van der Waals surface area contributed by atoms with Gasteiger partial charge in [0.25, 0.3) is 5.91 Å². The van der Waals surface area contributed by atoms with Crippen molar-refractivity contribution in [1.29, 1.82) is 0 Å². The van der Waals surface area contributed by atoms with Gasteiger partial charge in [0.2, 0.25) is 0 Å². The largest absolute Gasteiger partial charge is 0.451 e. The lowest BCUT2D eigenvalue weighted by Crippen LogP contribution is -2.34. The molecule has 2 amide bonds. The predicted octanol–water partition coefficient (Wildman–Crippen LogP) is 2.18. The van der Waals surface area contributed by atoms with Gasteiger partial charge in [0, 0.05) is 12.4 Å². The van der Waals surface area contributed by atoms with Gasteiger partial charge in [0.15, 0.2) is 12.3 Å². The van der Waals surface area contributed by atoms with Gasteiger partial charge in [-0.05, 0) is 19.1 Å². The van der Waals surface area contributed by atoms with E-state index in [1.54, 1.807) is 6.92 Å². The van der Waals surface area contributed by atoms with Crippen LogP contribution in [0.25, 0.3) is 20.9 Å². The lowest BCUT2D eigenvalue weighted by atomic mass is 10.3. The van der Waals surface area contributed by atoms with Gasteiger partial charge in [-0.25, -0.2) is 24.5 Å². The number of aromatic nitrogens is 3. The van der Waals surface area contributed by atoms with Crippen molar-refractivity contribution in [3.8, 4) is 10.7 Å². The summed E-state index contributed by atoms with van der Waals surface area (Å²) in [5, 5.41) is 2.43. The van der Waals surface area contributed by atoms with E-state index >= 15 is 0 Å². The molecular weight excluding hydrogens is 372 g/mol. The molecule has 0 radical (unpaired) electrons. The van der Waals surface area contributed by atoms with Crippen LogP contribution in [0, 0.1) is 0 Å². The van der Waals surface area contributed by atoms with Crippen LogP contribution in [0.4, 0.5) is 4.79 Å². The molecule has 0 bridgehead atoms. The number of ether oxygens (including phenoxy) is 2. The minimum atomic E-state index is -0.909. The highest BCUT2D eigenvalue weighted by Crippen LogP contribution is 2.30. The van der Waals surface area contributed by atoms with Gasteiger partial charge in [-0.15, -0.1) is 11.3 Å². The van der Waals surface area contributed by atoms with Crippen LogP contribution in [0.2, 0.25) is 0 Å². The highest BCUT2D eigenvalue weighted by molar-refractivity contribution is 7.21. The summed E-state index contributed by atoms with van der Waals surface area (Å²) in [7, 11) is 0. The maximum atomic E-state index is 12.3. The second kappa shape index (κ2) is 8.32. The van der Waals surface area contributed by atoms with Crippen LogP contribution in [0.5, 0.6) is 0 Å². The highest BCUT2D eigenvalue weighted by atomic mass is 32.1. The molecule has 2 heterocycles. The summed E-state index contributed by atoms with van der Waals surface area (Å²) >= 11 is 1.36. The van der Waals surface area contributed by atoms with Gasteiger partial charge in [-0.3, -0.25) is 10.1 Å². The Morgan fingerprint density at radius 2 is 1.89 bits per heavy atom. The molecule has 0 atom stereocenters. The van der Waals surface area contributed by atoms with E-state index in [4.69, 9.17) is 4.74 Å². The number of thiazole rings is 1. The van der Waals surface area contributed by atoms with E-state index in [1.165, 1.54) is 23.7 Å². The van der Waals surface area contributed by atoms with E-state index in [9.17, 15) is 14.4 Å². The highest BCUT2D eigenvalue weighted by Gasteiger charge is 2.21. The molecule has 0 saturated carbocycles. The van der Waals surface area contributed by atoms with Gasteiger partial charge >= 0.3 is 12.1 Å². The average Bonchev–Trinajstić information content (AvgIpc) is 3.10. The van der Waals surface area contributed by atoms with Gasteiger partial charge in [-0.1, -0.05) is 12.1 Å². The summed E-state index contributed by atoms with van der Waals surface area (Å²) in [4.78, 5) is 47.7. The third-order valence-electron chi connectivity index (χ3n) is 3.24. The lowest BCUT2D eigenvalue weighted by Gasteiger charge is -2.07. The maximum Gasteiger partial charge on any atom is 0.413 e. The molecule has 1 N–H and O–H groups in total. The molecule has 2 aromatic heterocycles. The first-order chi connectivity index (χ1) is 13.1. The second-order valence-electron chi connectivity index (χ2n) is 5.09. The number of hydrogen-bond acceptors (Lipinski definition) is 9. The molecule has 0 fully saturated rings. The maximum absolute atomic E-state index is 12.3. The van der Waals surface area contributed by atoms with E-state index in [2.05, 4.69) is 19.7 Å². The monoisotopic (exact) mass is 386 g/mol. The van der Waals surface area contributed by atoms with E-state index in [0.29, 0.717) is 5.01 Å². The third-order valence-corrected chi connectivity index (χ3v) is 4.28. The Hall–Kier alpha value is -3.40. The smallest absolute Gasteiger partial charge is 0.413 e. The number of nitrogens with zero attached hydrogens (tertiary/aromatic N) is 3. The molecule has 138 valence electrons. The molecule has 0 aliphatic heterocycles. The first-order valence-corrected chi connectivity index (χ1v) is 8.70. The van der Waals surface area contributed by atoms with E-state index in [1.807, 2.05) is 29.6 Å². The number of para-hydroxylation sites is 1. The quantitative estimate of drug-likeness (QED) is 0.663. The van der Waals surface area contributed by atoms with E-state index < -0.39 is 24.6 Å². The summed E-state index contributed by atoms with van der Waals surface area (Å²) in [5.41, 5.74) is 0.964. The first kappa shape index (κ1) is 18.4. The fourth-order valence-electron chi connectivity index (χ4n) is 2.13. The molecular formula is C17H14N4O5S. The molecule has 0 unspecified atom stereocenters. The molecule has 10 heteroatoms. The zero-order valence-electron chi connectivity index (χ0n) is 14.2. The normalized spacial score (nSPS) is 10.4. The molecule has 1 aromatic carbocycles. The van der Waals surface area contributed by atoms with Crippen molar-refractivity contribution in [3.63, 3.8) is 0 Å². The predicted molar refractivity (Wildman–Crippen MR) is 96.1 cm³/mol.